The van der Waals surface area contributed by atoms with Crippen LogP contribution in [0, 0.1) is 0 Å². The molecule has 1 unspecified atom stereocenters. The number of hydrogen-bond donors (Lipinski definition) is 1. The highest BCUT2D eigenvalue weighted by Gasteiger charge is 2.32. The molecule has 1 atom stereocenters. The first kappa shape index (κ1) is 20.2. The molecule has 0 saturated heterocycles. The van der Waals surface area contributed by atoms with E-state index in [-0.39, 0.29) is 5.66 Å². The standard InChI is InChI=1S/C18H37O3P/c1-2-3-4-5-6-7-8-9-10-14-17-21-22(19,20)18-15-12-11-13-16-18/h18H,2-17H2,1H3,(H,19,20). The summed E-state index contributed by atoms with van der Waals surface area (Å²) in [4.78, 5) is 10.0. The van der Waals surface area contributed by atoms with Crippen LogP contribution in [0.4, 0.5) is 0 Å². The fourth-order valence-corrected chi connectivity index (χ4v) is 4.92. The molecular weight excluding hydrogens is 295 g/mol. The molecule has 132 valence electrons. The monoisotopic (exact) mass is 332 g/mol. The molecular formula is C18H37O3P. The minimum atomic E-state index is -3.35. The molecule has 1 saturated carbocycles. The highest BCUT2D eigenvalue weighted by Crippen LogP contribution is 2.52. The Morgan fingerprint density at radius 3 is 1.91 bits per heavy atom. The lowest BCUT2D eigenvalue weighted by atomic mass is 10.0. The van der Waals surface area contributed by atoms with Crippen molar-refractivity contribution in [1.29, 1.82) is 0 Å². The molecule has 0 aromatic heterocycles. The molecule has 0 radical (unpaired) electrons. The Kier molecular flexibility index (Phi) is 11.5. The molecule has 0 aliphatic heterocycles. The van der Waals surface area contributed by atoms with Crippen LogP contribution in [0.1, 0.15) is 103 Å². The molecule has 1 fully saturated rings. The lowest BCUT2D eigenvalue weighted by Gasteiger charge is -2.25. The quantitative estimate of drug-likeness (QED) is 0.312. The first-order valence-electron chi connectivity index (χ1n) is 9.64. The van der Waals surface area contributed by atoms with E-state index < -0.39 is 7.60 Å². The Hall–Kier alpha value is 0.150. The van der Waals surface area contributed by atoms with E-state index in [1.165, 1.54) is 57.8 Å². The van der Waals surface area contributed by atoms with E-state index in [2.05, 4.69) is 6.92 Å². The maximum Gasteiger partial charge on any atom is 0.331 e. The first-order chi connectivity index (χ1) is 10.7. The van der Waals surface area contributed by atoms with Crippen LogP contribution in [0.15, 0.2) is 0 Å². The summed E-state index contributed by atoms with van der Waals surface area (Å²) in [6.07, 6.45) is 17.8. The minimum Gasteiger partial charge on any atom is -0.324 e. The van der Waals surface area contributed by atoms with Gasteiger partial charge in [0.05, 0.1) is 12.3 Å². The van der Waals surface area contributed by atoms with Gasteiger partial charge in [0.25, 0.3) is 0 Å². The van der Waals surface area contributed by atoms with Crippen molar-refractivity contribution in [3.63, 3.8) is 0 Å². The molecule has 4 heteroatoms. The van der Waals surface area contributed by atoms with Crippen LogP contribution in [0.3, 0.4) is 0 Å². The summed E-state index contributed by atoms with van der Waals surface area (Å²) in [6, 6.07) is 0. The summed E-state index contributed by atoms with van der Waals surface area (Å²) in [6.45, 7) is 2.71. The Balaban J connectivity index is 1.91. The summed E-state index contributed by atoms with van der Waals surface area (Å²) in [7, 11) is -3.35. The van der Waals surface area contributed by atoms with Crippen molar-refractivity contribution in [2.45, 2.75) is 109 Å². The second-order valence-electron chi connectivity index (χ2n) is 6.87. The van der Waals surface area contributed by atoms with Gasteiger partial charge in [-0.3, -0.25) is 4.57 Å². The van der Waals surface area contributed by atoms with Crippen molar-refractivity contribution in [3.8, 4) is 0 Å². The van der Waals surface area contributed by atoms with Crippen molar-refractivity contribution in [2.75, 3.05) is 6.61 Å². The van der Waals surface area contributed by atoms with Gasteiger partial charge < -0.3 is 9.42 Å². The van der Waals surface area contributed by atoms with E-state index in [1.807, 2.05) is 0 Å². The topological polar surface area (TPSA) is 46.5 Å². The Labute approximate surface area is 137 Å². The van der Waals surface area contributed by atoms with Crippen molar-refractivity contribution in [2.24, 2.45) is 0 Å². The largest absolute Gasteiger partial charge is 0.331 e. The number of rotatable bonds is 13. The van der Waals surface area contributed by atoms with Crippen molar-refractivity contribution in [1.82, 2.24) is 0 Å². The third-order valence-electron chi connectivity index (χ3n) is 4.81. The van der Waals surface area contributed by atoms with Gasteiger partial charge in [-0.1, -0.05) is 84.0 Å². The fourth-order valence-electron chi connectivity index (χ4n) is 3.30. The molecule has 0 aromatic carbocycles. The van der Waals surface area contributed by atoms with Crippen LogP contribution in [0.25, 0.3) is 0 Å². The van der Waals surface area contributed by atoms with E-state index in [0.717, 1.165) is 38.5 Å². The van der Waals surface area contributed by atoms with Gasteiger partial charge in [0, 0.05) is 0 Å². The van der Waals surface area contributed by atoms with Crippen molar-refractivity contribution in [3.05, 3.63) is 0 Å². The zero-order valence-corrected chi connectivity index (χ0v) is 15.5. The maximum atomic E-state index is 12.2. The maximum absolute atomic E-state index is 12.2. The number of hydrogen-bond acceptors (Lipinski definition) is 2. The molecule has 1 rings (SSSR count). The second-order valence-corrected chi connectivity index (χ2v) is 8.99. The van der Waals surface area contributed by atoms with Gasteiger partial charge in [-0.15, -0.1) is 0 Å². The van der Waals surface area contributed by atoms with Crippen LogP contribution in [-0.4, -0.2) is 17.2 Å². The summed E-state index contributed by atoms with van der Waals surface area (Å²) in [5.74, 6) is 0. The summed E-state index contributed by atoms with van der Waals surface area (Å²) in [5, 5.41) is 0. The van der Waals surface area contributed by atoms with Crippen LogP contribution in [-0.2, 0) is 9.09 Å². The fraction of sp³-hybridized carbons (Fsp3) is 1.00. The Morgan fingerprint density at radius 1 is 0.864 bits per heavy atom. The van der Waals surface area contributed by atoms with Gasteiger partial charge in [-0.25, -0.2) is 0 Å². The molecule has 0 bridgehead atoms. The summed E-state index contributed by atoms with van der Waals surface area (Å²) >= 11 is 0. The summed E-state index contributed by atoms with van der Waals surface area (Å²) < 4.78 is 17.5. The van der Waals surface area contributed by atoms with Crippen LogP contribution in [0.5, 0.6) is 0 Å². The molecule has 0 heterocycles. The van der Waals surface area contributed by atoms with Crippen LogP contribution in [0.2, 0.25) is 0 Å². The van der Waals surface area contributed by atoms with Gasteiger partial charge in [-0.05, 0) is 19.3 Å². The van der Waals surface area contributed by atoms with Crippen molar-refractivity contribution < 1.29 is 14.0 Å². The molecule has 1 N–H and O–H groups in total. The normalized spacial score (nSPS) is 19.2. The molecule has 1 aliphatic rings. The third-order valence-corrected chi connectivity index (χ3v) is 6.80. The highest BCUT2D eigenvalue weighted by atomic mass is 31.2. The van der Waals surface area contributed by atoms with E-state index in [9.17, 15) is 9.46 Å². The van der Waals surface area contributed by atoms with E-state index in [1.54, 1.807) is 0 Å². The first-order valence-corrected chi connectivity index (χ1v) is 11.3. The van der Waals surface area contributed by atoms with Crippen molar-refractivity contribution >= 4 is 7.60 Å². The van der Waals surface area contributed by atoms with E-state index in [4.69, 9.17) is 4.52 Å². The lowest BCUT2D eigenvalue weighted by Crippen LogP contribution is -2.14. The predicted molar refractivity (Wildman–Crippen MR) is 94.5 cm³/mol. The van der Waals surface area contributed by atoms with Gasteiger partial charge in [0.1, 0.15) is 0 Å². The summed E-state index contributed by atoms with van der Waals surface area (Å²) in [5.41, 5.74) is -0.0932. The van der Waals surface area contributed by atoms with Gasteiger partial charge in [-0.2, -0.15) is 0 Å². The van der Waals surface area contributed by atoms with Gasteiger partial charge in [0.15, 0.2) is 0 Å². The minimum absolute atomic E-state index is 0.0932. The Morgan fingerprint density at radius 2 is 1.36 bits per heavy atom. The molecule has 22 heavy (non-hydrogen) atoms. The smallest absolute Gasteiger partial charge is 0.324 e. The number of unbranched alkanes of at least 4 members (excludes halogenated alkanes) is 9. The lowest BCUT2D eigenvalue weighted by molar-refractivity contribution is 0.237. The van der Waals surface area contributed by atoms with Crippen LogP contribution < -0.4 is 0 Å². The zero-order chi connectivity index (χ0) is 16.1. The Bertz CT molecular complexity index is 301. The molecule has 3 nitrogen and oxygen atoms in total. The van der Waals surface area contributed by atoms with E-state index in [0.29, 0.717) is 6.61 Å². The predicted octanol–water partition coefficient (Wildman–Crippen LogP) is 6.44. The average molecular weight is 332 g/mol. The highest BCUT2D eigenvalue weighted by molar-refractivity contribution is 7.53. The SMILES string of the molecule is CCCCCCCCCCCCOP(=O)(O)C1CCCCC1. The molecule has 1 aliphatic carbocycles. The van der Waals surface area contributed by atoms with Gasteiger partial charge in [0.2, 0.25) is 0 Å². The average Bonchev–Trinajstić information content (AvgIpc) is 2.53. The second kappa shape index (κ2) is 12.6. The third kappa shape index (κ3) is 9.33. The molecule has 0 amide bonds. The van der Waals surface area contributed by atoms with Gasteiger partial charge >= 0.3 is 7.60 Å². The van der Waals surface area contributed by atoms with Crippen LogP contribution >= 0.6 is 7.60 Å². The molecule has 0 spiro atoms. The van der Waals surface area contributed by atoms with E-state index >= 15 is 0 Å². The zero-order valence-electron chi connectivity index (χ0n) is 14.6. The molecule has 0 aromatic rings.